The lowest BCUT2D eigenvalue weighted by Gasteiger charge is -2.25. The first-order valence-corrected chi connectivity index (χ1v) is 5.32. The van der Waals surface area contributed by atoms with Crippen LogP contribution in [-0.2, 0) is 0 Å². The quantitative estimate of drug-likeness (QED) is 0.519. The Bertz CT molecular complexity index is 193. The maximum atomic E-state index is 5.70. The van der Waals surface area contributed by atoms with Crippen molar-refractivity contribution < 1.29 is 0 Å². The molecule has 14 heavy (non-hydrogen) atoms. The fourth-order valence-electron chi connectivity index (χ4n) is 1.44. The number of hydrogen-bond donors (Lipinski definition) is 2. The molecule has 2 nitrogen and oxygen atoms in total. The van der Waals surface area contributed by atoms with E-state index in [9.17, 15) is 0 Å². The molecule has 0 spiro atoms. The Kier molecular flexibility index (Phi) is 6.61. The van der Waals surface area contributed by atoms with Gasteiger partial charge < -0.3 is 11.1 Å². The van der Waals surface area contributed by atoms with Crippen molar-refractivity contribution in [3.8, 4) is 11.8 Å². The van der Waals surface area contributed by atoms with E-state index in [0.29, 0.717) is 18.0 Å². The lowest BCUT2D eigenvalue weighted by atomic mass is 9.88. The molecule has 1 atom stereocenters. The highest BCUT2D eigenvalue weighted by molar-refractivity contribution is 4.95. The number of rotatable bonds is 5. The number of nitrogens with one attached hydrogen (secondary N) is 1. The van der Waals surface area contributed by atoms with Crippen LogP contribution in [-0.4, -0.2) is 19.1 Å². The van der Waals surface area contributed by atoms with Gasteiger partial charge in [0.2, 0.25) is 0 Å². The highest BCUT2D eigenvalue weighted by atomic mass is 14.9. The van der Waals surface area contributed by atoms with Crippen LogP contribution in [0.1, 0.15) is 40.5 Å². The minimum Gasteiger partial charge on any atom is -0.329 e. The molecule has 0 heterocycles. The Morgan fingerprint density at radius 2 is 2.00 bits per heavy atom. The Hall–Kier alpha value is -0.520. The van der Waals surface area contributed by atoms with E-state index in [1.165, 1.54) is 0 Å². The van der Waals surface area contributed by atoms with Crippen molar-refractivity contribution in [1.82, 2.24) is 5.32 Å². The summed E-state index contributed by atoms with van der Waals surface area (Å²) in [6.45, 7) is 10.2. The summed E-state index contributed by atoms with van der Waals surface area (Å²) in [5.74, 6) is 5.92. The largest absolute Gasteiger partial charge is 0.329 e. The van der Waals surface area contributed by atoms with Gasteiger partial charge in [0.1, 0.15) is 0 Å². The molecule has 0 aromatic rings. The van der Waals surface area contributed by atoms with Crippen molar-refractivity contribution in [2.75, 3.05) is 13.1 Å². The lowest BCUT2D eigenvalue weighted by Crippen LogP contribution is -2.39. The highest BCUT2D eigenvalue weighted by Crippen LogP contribution is 2.20. The third kappa shape index (κ3) is 8.10. The zero-order valence-electron chi connectivity index (χ0n) is 9.98. The molecule has 0 saturated heterocycles. The van der Waals surface area contributed by atoms with Crippen molar-refractivity contribution in [3.05, 3.63) is 0 Å². The SMILES string of the molecule is CC#CCCNC(CN)CC(C)(C)C. The fourth-order valence-corrected chi connectivity index (χ4v) is 1.44. The summed E-state index contributed by atoms with van der Waals surface area (Å²) in [6, 6.07) is 0.425. The molecule has 82 valence electrons. The molecule has 0 aliphatic carbocycles. The Balaban J connectivity index is 3.72. The van der Waals surface area contributed by atoms with Gasteiger partial charge in [-0.2, -0.15) is 0 Å². The standard InChI is InChI=1S/C12H24N2/c1-5-6-7-8-14-11(10-13)9-12(2,3)4/h11,14H,7-10,13H2,1-4H3. The van der Waals surface area contributed by atoms with Gasteiger partial charge in [0, 0.05) is 25.6 Å². The third-order valence-electron chi connectivity index (χ3n) is 2.00. The zero-order chi connectivity index (χ0) is 11.0. The zero-order valence-corrected chi connectivity index (χ0v) is 9.98. The first kappa shape index (κ1) is 13.5. The molecule has 1 unspecified atom stereocenters. The maximum absolute atomic E-state index is 5.70. The minimum absolute atomic E-state index is 0.341. The molecule has 2 heteroatoms. The van der Waals surface area contributed by atoms with E-state index in [4.69, 9.17) is 5.73 Å². The third-order valence-corrected chi connectivity index (χ3v) is 2.00. The van der Waals surface area contributed by atoms with Crippen LogP contribution in [0.5, 0.6) is 0 Å². The molecule has 0 amide bonds. The number of nitrogens with two attached hydrogens (primary N) is 1. The Morgan fingerprint density at radius 3 is 2.43 bits per heavy atom. The van der Waals surface area contributed by atoms with Crippen LogP contribution in [0, 0.1) is 17.3 Å². The highest BCUT2D eigenvalue weighted by Gasteiger charge is 2.16. The molecular weight excluding hydrogens is 172 g/mol. The van der Waals surface area contributed by atoms with Crippen LogP contribution in [0.2, 0.25) is 0 Å². The van der Waals surface area contributed by atoms with Gasteiger partial charge in [-0.3, -0.25) is 0 Å². The van der Waals surface area contributed by atoms with Crippen molar-refractivity contribution in [2.45, 2.75) is 46.6 Å². The summed E-state index contributed by atoms with van der Waals surface area (Å²) in [4.78, 5) is 0. The summed E-state index contributed by atoms with van der Waals surface area (Å²) in [5, 5.41) is 3.43. The van der Waals surface area contributed by atoms with Crippen LogP contribution < -0.4 is 11.1 Å². The van der Waals surface area contributed by atoms with Gasteiger partial charge in [-0.1, -0.05) is 20.8 Å². The van der Waals surface area contributed by atoms with Crippen LogP contribution in [0.3, 0.4) is 0 Å². The second-order valence-electron chi connectivity index (χ2n) is 4.83. The smallest absolute Gasteiger partial charge is 0.0214 e. The second-order valence-corrected chi connectivity index (χ2v) is 4.83. The predicted molar refractivity (Wildman–Crippen MR) is 63.0 cm³/mol. The number of hydrogen-bond acceptors (Lipinski definition) is 2. The van der Waals surface area contributed by atoms with E-state index in [2.05, 4.69) is 37.9 Å². The van der Waals surface area contributed by atoms with Crippen LogP contribution >= 0.6 is 0 Å². The predicted octanol–water partition coefficient (Wildman–Crippen LogP) is 1.75. The Labute approximate surface area is 88.6 Å². The van der Waals surface area contributed by atoms with Crippen molar-refractivity contribution in [1.29, 1.82) is 0 Å². The van der Waals surface area contributed by atoms with Gasteiger partial charge in [0.05, 0.1) is 0 Å². The second kappa shape index (κ2) is 6.86. The average Bonchev–Trinajstić information content (AvgIpc) is 2.08. The van der Waals surface area contributed by atoms with Gasteiger partial charge in [0.25, 0.3) is 0 Å². The molecule has 0 aliphatic rings. The Morgan fingerprint density at radius 1 is 1.36 bits per heavy atom. The van der Waals surface area contributed by atoms with Crippen molar-refractivity contribution in [2.24, 2.45) is 11.1 Å². The molecule has 0 radical (unpaired) electrons. The molecular formula is C12H24N2. The van der Waals surface area contributed by atoms with E-state index in [1.807, 2.05) is 6.92 Å². The molecule has 0 aromatic carbocycles. The molecule has 0 rings (SSSR count). The van der Waals surface area contributed by atoms with Crippen LogP contribution in [0.4, 0.5) is 0 Å². The fraction of sp³-hybridized carbons (Fsp3) is 0.833. The summed E-state index contributed by atoms with van der Waals surface area (Å²) in [7, 11) is 0. The van der Waals surface area contributed by atoms with Crippen LogP contribution in [0.15, 0.2) is 0 Å². The summed E-state index contributed by atoms with van der Waals surface area (Å²) in [6.07, 6.45) is 2.03. The van der Waals surface area contributed by atoms with Gasteiger partial charge in [-0.05, 0) is 18.8 Å². The van der Waals surface area contributed by atoms with Gasteiger partial charge in [0.15, 0.2) is 0 Å². The molecule has 0 fully saturated rings. The van der Waals surface area contributed by atoms with E-state index in [0.717, 1.165) is 19.4 Å². The lowest BCUT2D eigenvalue weighted by molar-refractivity contribution is 0.312. The first-order valence-electron chi connectivity index (χ1n) is 5.32. The normalized spacial score (nSPS) is 13.2. The van der Waals surface area contributed by atoms with Gasteiger partial charge >= 0.3 is 0 Å². The molecule has 0 bridgehead atoms. The van der Waals surface area contributed by atoms with E-state index >= 15 is 0 Å². The average molecular weight is 196 g/mol. The maximum Gasteiger partial charge on any atom is 0.0214 e. The van der Waals surface area contributed by atoms with Crippen molar-refractivity contribution >= 4 is 0 Å². The topological polar surface area (TPSA) is 38.0 Å². The monoisotopic (exact) mass is 196 g/mol. The summed E-state index contributed by atoms with van der Waals surface area (Å²) >= 11 is 0. The minimum atomic E-state index is 0.341. The molecule has 0 aromatic heterocycles. The molecule has 0 aliphatic heterocycles. The van der Waals surface area contributed by atoms with E-state index in [-0.39, 0.29) is 0 Å². The van der Waals surface area contributed by atoms with Gasteiger partial charge in [-0.15, -0.1) is 11.8 Å². The summed E-state index contributed by atoms with van der Waals surface area (Å²) < 4.78 is 0. The van der Waals surface area contributed by atoms with E-state index in [1.54, 1.807) is 0 Å². The van der Waals surface area contributed by atoms with Crippen molar-refractivity contribution in [3.63, 3.8) is 0 Å². The first-order chi connectivity index (χ1) is 6.49. The van der Waals surface area contributed by atoms with E-state index < -0.39 is 0 Å². The van der Waals surface area contributed by atoms with Gasteiger partial charge in [-0.25, -0.2) is 0 Å². The summed E-state index contributed by atoms with van der Waals surface area (Å²) in [5.41, 5.74) is 6.04. The molecule has 3 N–H and O–H groups in total. The van der Waals surface area contributed by atoms with Crippen LogP contribution in [0.25, 0.3) is 0 Å². The molecule has 0 saturated carbocycles.